The van der Waals surface area contributed by atoms with Crippen molar-refractivity contribution in [3.8, 4) is 0 Å². The first-order chi connectivity index (χ1) is 9.72. The molecular weight excluding hydrogens is 248 g/mol. The van der Waals surface area contributed by atoms with Gasteiger partial charge in [-0.15, -0.1) is 0 Å². The highest BCUT2D eigenvalue weighted by molar-refractivity contribution is 5.94. The van der Waals surface area contributed by atoms with E-state index in [0.29, 0.717) is 0 Å². The van der Waals surface area contributed by atoms with Crippen LogP contribution in [0.15, 0.2) is 24.3 Å². The van der Waals surface area contributed by atoms with Crippen LogP contribution in [0.3, 0.4) is 0 Å². The number of nitrogens with one attached hydrogen (secondary N) is 1. The van der Waals surface area contributed by atoms with Crippen LogP contribution in [-0.4, -0.2) is 47.9 Å². The standard InChI is InChI=1S/C16H24N4/c17-16(18)14-6-4-13(5-7-14)11-19-8-2-10-20-9-1-3-15(20)12-19/h4-7,15H,1-3,8-12H2,(H3,17,18). The first-order valence-corrected chi connectivity index (χ1v) is 7.62. The van der Waals surface area contributed by atoms with Gasteiger partial charge in [0.2, 0.25) is 0 Å². The van der Waals surface area contributed by atoms with E-state index in [1.165, 1.54) is 51.0 Å². The van der Waals surface area contributed by atoms with E-state index in [0.717, 1.165) is 18.2 Å². The fourth-order valence-electron chi connectivity index (χ4n) is 3.47. The lowest BCUT2D eigenvalue weighted by Crippen LogP contribution is -2.36. The maximum atomic E-state index is 7.43. The van der Waals surface area contributed by atoms with Gasteiger partial charge in [0.1, 0.15) is 5.84 Å². The van der Waals surface area contributed by atoms with Crippen molar-refractivity contribution in [1.29, 1.82) is 5.41 Å². The van der Waals surface area contributed by atoms with Gasteiger partial charge in [0.15, 0.2) is 0 Å². The molecule has 1 aromatic carbocycles. The highest BCUT2D eigenvalue weighted by Crippen LogP contribution is 2.22. The summed E-state index contributed by atoms with van der Waals surface area (Å²) in [6.45, 7) is 5.98. The number of benzene rings is 1. The molecule has 2 aliphatic heterocycles. The number of nitrogens with zero attached hydrogens (tertiary/aromatic N) is 2. The lowest BCUT2D eigenvalue weighted by Gasteiger charge is -2.25. The van der Waals surface area contributed by atoms with E-state index in [-0.39, 0.29) is 5.84 Å². The van der Waals surface area contributed by atoms with Gasteiger partial charge in [-0.05, 0) is 44.5 Å². The predicted octanol–water partition coefficient (Wildman–Crippen LogP) is 1.64. The number of hydrogen-bond donors (Lipinski definition) is 2. The number of hydrogen-bond acceptors (Lipinski definition) is 3. The Bertz CT molecular complexity index is 468. The van der Waals surface area contributed by atoms with Crippen molar-refractivity contribution in [2.75, 3.05) is 26.2 Å². The zero-order chi connectivity index (χ0) is 13.9. The van der Waals surface area contributed by atoms with Crippen LogP contribution in [0.4, 0.5) is 0 Å². The second kappa shape index (κ2) is 5.94. The molecule has 0 radical (unpaired) electrons. The first-order valence-electron chi connectivity index (χ1n) is 7.62. The summed E-state index contributed by atoms with van der Waals surface area (Å²) in [4.78, 5) is 5.25. The number of rotatable bonds is 3. The van der Waals surface area contributed by atoms with Gasteiger partial charge in [0.05, 0.1) is 0 Å². The highest BCUT2D eigenvalue weighted by Gasteiger charge is 2.28. The lowest BCUT2D eigenvalue weighted by atomic mass is 10.1. The third-order valence-electron chi connectivity index (χ3n) is 4.56. The molecule has 1 aromatic rings. The Hall–Kier alpha value is -1.39. The lowest BCUT2D eigenvalue weighted by molar-refractivity contribution is 0.215. The predicted molar refractivity (Wildman–Crippen MR) is 81.9 cm³/mol. The molecule has 0 bridgehead atoms. The van der Waals surface area contributed by atoms with E-state index in [9.17, 15) is 0 Å². The third-order valence-corrected chi connectivity index (χ3v) is 4.56. The Morgan fingerprint density at radius 3 is 2.65 bits per heavy atom. The molecule has 2 heterocycles. The summed E-state index contributed by atoms with van der Waals surface area (Å²) in [5, 5.41) is 7.43. The van der Waals surface area contributed by atoms with Gasteiger partial charge in [-0.25, -0.2) is 0 Å². The molecule has 2 aliphatic rings. The molecule has 0 aromatic heterocycles. The molecule has 2 fully saturated rings. The second-order valence-electron chi connectivity index (χ2n) is 6.03. The van der Waals surface area contributed by atoms with Crippen molar-refractivity contribution < 1.29 is 0 Å². The number of amidine groups is 1. The molecule has 20 heavy (non-hydrogen) atoms. The van der Waals surface area contributed by atoms with E-state index in [1.807, 2.05) is 12.1 Å². The minimum Gasteiger partial charge on any atom is -0.384 e. The van der Waals surface area contributed by atoms with Gasteiger partial charge < -0.3 is 5.73 Å². The van der Waals surface area contributed by atoms with E-state index < -0.39 is 0 Å². The topological polar surface area (TPSA) is 56.4 Å². The average molecular weight is 272 g/mol. The average Bonchev–Trinajstić information content (AvgIpc) is 2.78. The molecule has 3 N–H and O–H groups in total. The molecule has 1 atom stereocenters. The van der Waals surface area contributed by atoms with Gasteiger partial charge in [-0.3, -0.25) is 15.2 Å². The summed E-state index contributed by atoms with van der Waals surface area (Å²) in [6, 6.07) is 8.89. The van der Waals surface area contributed by atoms with Gasteiger partial charge in [0.25, 0.3) is 0 Å². The second-order valence-corrected chi connectivity index (χ2v) is 6.03. The summed E-state index contributed by atoms with van der Waals surface area (Å²) in [5.74, 6) is 0.146. The van der Waals surface area contributed by atoms with Crippen LogP contribution >= 0.6 is 0 Å². The maximum absolute atomic E-state index is 7.43. The van der Waals surface area contributed by atoms with Gasteiger partial charge in [0, 0.05) is 24.7 Å². The third kappa shape index (κ3) is 3.02. The largest absolute Gasteiger partial charge is 0.384 e. The highest BCUT2D eigenvalue weighted by atomic mass is 15.3. The van der Waals surface area contributed by atoms with Crippen molar-refractivity contribution in [2.45, 2.75) is 31.8 Å². The molecule has 0 amide bonds. The minimum absolute atomic E-state index is 0.146. The van der Waals surface area contributed by atoms with Crippen LogP contribution in [-0.2, 0) is 6.54 Å². The molecule has 4 heteroatoms. The molecule has 0 spiro atoms. The van der Waals surface area contributed by atoms with E-state index >= 15 is 0 Å². The van der Waals surface area contributed by atoms with E-state index in [2.05, 4.69) is 21.9 Å². The van der Waals surface area contributed by atoms with Crippen LogP contribution in [0, 0.1) is 5.41 Å². The number of nitrogens with two attached hydrogens (primary N) is 1. The van der Waals surface area contributed by atoms with Crippen LogP contribution < -0.4 is 5.73 Å². The van der Waals surface area contributed by atoms with Gasteiger partial charge >= 0.3 is 0 Å². The van der Waals surface area contributed by atoms with Gasteiger partial charge in [-0.1, -0.05) is 24.3 Å². The minimum atomic E-state index is 0.146. The van der Waals surface area contributed by atoms with Crippen LogP contribution in [0.5, 0.6) is 0 Å². The monoisotopic (exact) mass is 272 g/mol. The molecule has 0 saturated carbocycles. The Kier molecular flexibility index (Phi) is 4.03. The van der Waals surface area contributed by atoms with Crippen molar-refractivity contribution in [3.05, 3.63) is 35.4 Å². The van der Waals surface area contributed by atoms with Crippen LogP contribution in [0.2, 0.25) is 0 Å². The number of nitrogen functional groups attached to an aromatic ring is 1. The zero-order valence-corrected chi connectivity index (χ0v) is 12.0. The van der Waals surface area contributed by atoms with Crippen molar-refractivity contribution in [2.24, 2.45) is 5.73 Å². The molecule has 4 nitrogen and oxygen atoms in total. The Morgan fingerprint density at radius 2 is 1.90 bits per heavy atom. The van der Waals surface area contributed by atoms with E-state index in [1.54, 1.807) is 0 Å². The van der Waals surface area contributed by atoms with Crippen LogP contribution in [0.25, 0.3) is 0 Å². The molecule has 1 unspecified atom stereocenters. The summed E-state index contributed by atoms with van der Waals surface area (Å²) in [5.41, 5.74) is 7.63. The van der Waals surface area contributed by atoms with Gasteiger partial charge in [-0.2, -0.15) is 0 Å². The summed E-state index contributed by atoms with van der Waals surface area (Å²) in [6.07, 6.45) is 4.01. The van der Waals surface area contributed by atoms with Crippen molar-refractivity contribution >= 4 is 5.84 Å². The molecular formula is C16H24N4. The van der Waals surface area contributed by atoms with Crippen LogP contribution in [0.1, 0.15) is 30.4 Å². The Balaban J connectivity index is 1.63. The maximum Gasteiger partial charge on any atom is 0.122 e. The molecule has 0 aliphatic carbocycles. The normalized spacial score (nSPS) is 24.3. The summed E-state index contributed by atoms with van der Waals surface area (Å²) >= 11 is 0. The summed E-state index contributed by atoms with van der Waals surface area (Å²) < 4.78 is 0. The SMILES string of the molecule is N=C(N)c1ccc(CN2CCCN3CCCC3C2)cc1. The first kappa shape index (κ1) is 13.6. The smallest absolute Gasteiger partial charge is 0.122 e. The Labute approximate surface area is 121 Å². The molecule has 2 saturated heterocycles. The van der Waals surface area contributed by atoms with Crippen molar-refractivity contribution in [3.63, 3.8) is 0 Å². The number of fused-ring (bicyclic) bond motifs is 1. The molecule has 108 valence electrons. The quantitative estimate of drug-likeness (QED) is 0.649. The molecule has 3 rings (SSSR count). The fourth-order valence-corrected chi connectivity index (χ4v) is 3.47. The van der Waals surface area contributed by atoms with E-state index in [4.69, 9.17) is 11.1 Å². The Morgan fingerprint density at radius 1 is 1.15 bits per heavy atom. The fraction of sp³-hybridized carbons (Fsp3) is 0.562. The zero-order valence-electron chi connectivity index (χ0n) is 12.0. The summed E-state index contributed by atoms with van der Waals surface area (Å²) in [7, 11) is 0. The van der Waals surface area contributed by atoms with Crippen molar-refractivity contribution in [1.82, 2.24) is 9.80 Å².